The van der Waals surface area contributed by atoms with E-state index < -0.39 is 17.1 Å². The van der Waals surface area contributed by atoms with Crippen LogP contribution in [0.25, 0.3) is 12.2 Å². The summed E-state index contributed by atoms with van der Waals surface area (Å²) in [5, 5.41) is 3.08. The smallest absolute Gasteiger partial charge is 0.308 e. The summed E-state index contributed by atoms with van der Waals surface area (Å²) in [7, 11) is 4.80. The first-order chi connectivity index (χ1) is 25.1. The predicted octanol–water partition coefficient (Wildman–Crippen LogP) is 3.53. The van der Waals surface area contributed by atoms with Gasteiger partial charge in [0.1, 0.15) is 16.4 Å². The number of rotatable bonds is 10. The van der Waals surface area contributed by atoms with Crippen molar-refractivity contribution in [2.24, 2.45) is 7.05 Å². The molecule has 6 rings (SSSR count). The van der Waals surface area contributed by atoms with E-state index in [1.165, 1.54) is 47.4 Å². The third-order valence-electron chi connectivity index (χ3n) is 9.03. The second kappa shape index (κ2) is 15.8. The maximum Gasteiger partial charge on any atom is 0.308 e. The standard InChI is InChI=1S/C41H40N4O7/c1-26(46)52-36-11-6-5-9-30(36)22-35-40(48)43-34(41(49)44(35)2)21-28-8-7-10-31(20-28)39(47)42-33-14-12-27(13-15-33)16-18-45-19-17-29-23-37(50-3)38(51-4)24-32(29)25-45/h5-15,20-24H,16-19,25H2,1-4H3,(H,42,47)(H,43,48). The Balaban J connectivity index is 1.11. The van der Waals surface area contributed by atoms with Crippen molar-refractivity contribution in [1.82, 2.24) is 14.5 Å². The van der Waals surface area contributed by atoms with E-state index in [9.17, 15) is 19.2 Å². The molecule has 2 heterocycles. The molecule has 0 saturated heterocycles. The number of amides is 1. The van der Waals surface area contributed by atoms with Gasteiger partial charge in [-0.25, -0.2) is 0 Å². The lowest BCUT2D eigenvalue weighted by molar-refractivity contribution is -0.131. The highest BCUT2D eigenvalue weighted by Crippen LogP contribution is 2.33. The van der Waals surface area contributed by atoms with Gasteiger partial charge in [0.05, 0.1) is 14.2 Å². The summed E-state index contributed by atoms with van der Waals surface area (Å²) in [6.45, 7) is 4.01. The highest BCUT2D eigenvalue weighted by Gasteiger charge is 2.19. The highest BCUT2D eigenvalue weighted by molar-refractivity contribution is 6.04. The van der Waals surface area contributed by atoms with Crippen molar-refractivity contribution in [3.8, 4) is 17.2 Å². The van der Waals surface area contributed by atoms with E-state index in [-0.39, 0.29) is 22.4 Å². The van der Waals surface area contributed by atoms with Crippen molar-refractivity contribution in [1.29, 1.82) is 0 Å². The van der Waals surface area contributed by atoms with E-state index in [1.807, 2.05) is 24.3 Å². The van der Waals surface area contributed by atoms with Crippen LogP contribution in [0.1, 0.15) is 45.1 Å². The van der Waals surface area contributed by atoms with Crippen molar-refractivity contribution in [3.05, 3.63) is 150 Å². The normalized spacial score (nSPS) is 13.4. The third kappa shape index (κ3) is 8.22. The number of carbonyl (C=O) groups is 2. The van der Waals surface area contributed by atoms with Crippen LogP contribution in [0.3, 0.4) is 0 Å². The van der Waals surface area contributed by atoms with E-state index >= 15 is 0 Å². The molecule has 1 amide bonds. The Morgan fingerprint density at radius 3 is 2.33 bits per heavy atom. The van der Waals surface area contributed by atoms with Gasteiger partial charge in [0, 0.05) is 50.4 Å². The number of ether oxygens (including phenoxy) is 3. The SMILES string of the molecule is COc1cc2c(cc1OC)CN(CCc1ccc(NC(=O)c3cccc(C=c4[nH]c(=O)c(=Cc5ccccc5OC(C)=O)n(C)c4=O)c3)cc1)CC2. The first-order valence-electron chi connectivity index (χ1n) is 16.9. The summed E-state index contributed by atoms with van der Waals surface area (Å²) in [6.07, 6.45) is 4.84. The quantitative estimate of drug-likeness (QED) is 0.167. The summed E-state index contributed by atoms with van der Waals surface area (Å²) < 4.78 is 17.4. The minimum Gasteiger partial charge on any atom is -0.493 e. The summed E-state index contributed by atoms with van der Waals surface area (Å²) in [6, 6.07) is 25.5. The Bertz CT molecular complexity index is 2380. The Hall–Kier alpha value is -6.20. The first kappa shape index (κ1) is 35.6. The van der Waals surface area contributed by atoms with Gasteiger partial charge in [-0.2, -0.15) is 0 Å². The summed E-state index contributed by atoms with van der Waals surface area (Å²) >= 11 is 0. The monoisotopic (exact) mass is 700 g/mol. The van der Waals surface area contributed by atoms with E-state index in [4.69, 9.17) is 14.2 Å². The number of nitrogens with one attached hydrogen (secondary N) is 2. The van der Waals surface area contributed by atoms with Gasteiger partial charge >= 0.3 is 5.97 Å². The maximum atomic E-state index is 13.3. The summed E-state index contributed by atoms with van der Waals surface area (Å²) in [5.74, 6) is 0.970. The molecule has 11 nitrogen and oxygen atoms in total. The maximum absolute atomic E-state index is 13.3. The number of fused-ring (bicyclic) bond motifs is 1. The molecule has 0 atom stereocenters. The van der Waals surface area contributed by atoms with E-state index in [1.54, 1.807) is 62.8 Å². The molecule has 266 valence electrons. The average molecular weight is 701 g/mol. The third-order valence-corrected chi connectivity index (χ3v) is 9.03. The van der Waals surface area contributed by atoms with Crippen LogP contribution >= 0.6 is 0 Å². The van der Waals surface area contributed by atoms with Crippen molar-refractivity contribution >= 4 is 29.7 Å². The van der Waals surface area contributed by atoms with Gasteiger partial charge in [-0.3, -0.25) is 24.1 Å². The number of hydrogen-bond donors (Lipinski definition) is 2. The van der Waals surface area contributed by atoms with Gasteiger partial charge in [-0.05, 0) is 89.7 Å². The molecule has 52 heavy (non-hydrogen) atoms. The van der Waals surface area contributed by atoms with Gasteiger partial charge in [-0.1, -0.05) is 42.5 Å². The number of para-hydroxylation sites is 1. The molecule has 0 saturated carbocycles. The molecule has 1 aromatic heterocycles. The topological polar surface area (TPSA) is 132 Å². The molecule has 0 radical (unpaired) electrons. The number of H-pyrrole nitrogens is 1. The van der Waals surface area contributed by atoms with Crippen molar-refractivity contribution in [2.45, 2.75) is 26.3 Å². The molecular weight excluding hydrogens is 660 g/mol. The minimum atomic E-state index is -0.508. The molecule has 2 N–H and O–H groups in total. The van der Waals surface area contributed by atoms with Crippen LogP contribution in [0, 0.1) is 0 Å². The zero-order valence-electron chi connectivity index (χ0n) is 29.5. The van der Waals surface area contributed by atoms with Crippen LogP contribution in [0.15, 0.2) is 94.5 Å². The zero-order chi connectivity index (χ0) is 36.8. The average Bonchev–Trinajstić information content (AvgIpc) is 3.15. The van der Waals surface area contributed by atoms with Crippen molar-refractivity contribution in [2.75, 3.05) is 32.6 Å². The van der Waals surface area contributed by atoms with Gasteiger partial charge < -0.3 is 29.1 Å². The Kier molecular flexibility index (Phi) is 10.8. The Morgan fingerprint density at radius 1 is 0.865 bits per heavy atom. The van der Waals surface area contributed by atoms with Crippen LogP contribution in [-0.2, 0) is 31.2 Å². The van der Waals surface area contributed by atoms with Crippen molar-refractivity contribution < 1.29 is 23.8 Å². The molecule has 1 aliphatic heterocycles. The number of methoxy groups -OCH3 is 2. The fraction of sp³-hybridized carbons (Fsp3) is 0.220. The molecule has 0 spiro atoms. The molecule has 11 heteroatoms. The Labute approximate surface area is 300 Å². The predicted molar refractivity (Wildman–Crippen MR) is 200 cm³/mol. The second-order valence-electron chi connectivity index (χ2n) is 12.6. The second-order valence-corrected chi connectivity index (χ2v) is 12.6. The molecule has 0 unspecified atom stereocenters. The fourth-order valence-electron chi connectivity index (χ4n) is 6.25. The number of hydrogen-bond acceptors (Lipinski definition) is 8. The number of anilines is 1. The highest BCUT2D eigenvalue weighted by atomic mass is 16.5. The Morgan fingerprint density at radius 2 is 1.60 bits per heavy atom. The summed E-state index contributed by atoms with van der Waals surface area (Å²) in [5.41, 5.74) is 4.85. The van der Waals surface area contributed by atoms with Gasteiger partial charge in [-0.15, -0.1) is 0 Å². The largest absolute Gasteiger partial charge is 0.493 e. The van der Waals surface area contributed by atoms with Crippen molar-refractivity contribution in [3.63, 3.8) is 0 Å². The van der Waals surface area contributed by atoms with Crippen LogP contribution in [-0.4, -0.2) is 53.6 Å². The van der Waals surface area contributed by atoms with Gasteiger partial charge in [0.25, 0.3) is 17.0 Å². The lowest BCUT2D eigenvalue weighted by Gasteiger charge is -2.29. The van der Waals surface area contributed by atoms with E-state index in [0.717, 1.165) is 44.0 Å². The number of benzene rings is 4. The number of aromatic amines is 1. The summed E-state index contributed by atoms with van der Waals surface area (Å²) in [4.78, 5) is 56.2. The fourth-order valence-corrected chi connectivity index (χ4v) is 6.25. The van der Waals surface area contributed by atoms with Crippen LogP contribution in [0.5, 0.6) is 17.2 Å². The molecule has 0 fully saturated rings. The lowest BCUT2D eigenvalue weighted by atomic mass is 9.98. The first-order valence-corrected chi connectivity index (χ1v) is 16.9. The number of nitrogens with zero attached hydrogens (tertiary/aromatic N) is 2. The zero-order valence-corrected chi connectivity index (χ0v) is 29.5. The van der Waals surface area contributed by atoms with E-state index in [2.05, 4.69) is 27.3 Å². The van der Waals surface area contributed by atoms with Gasteiger partial charge in [0.15, 0.2) is 11.5 Å². The number of aromatic nitrogens is 2. The molecule has 1 aliphatic rings. The van der Waals surface area contributed by atoms with Gasteiger partial charge in [0.2, 0.25) is 0 Å². The number of esters is 1. The molecule has 4 aromatic carbocycles. The number of carbonyl (C=O) groups excluding carboxylic acids is 2. The molecule has 5 aromatic rings. The lowest BCUT2D eigenvalue weighted by Crippen LogP contribution is -2.52. The molecule has 0 bridgehead atoms. The van der Waals surface area contributed by atoms with Crippen LogP contribution in [0.2, 0.25) is 0 Å². The molecular formula is C41H40N4O7. The van der Waals surface area contributed by atoms with Crippen LogP contribution < -0.4 is 41.3 Å². The molecule has 0 aliphatic carbocycles. The minimum absolute atomic E-state index is 0.0554. The van der Waals surface area contributed by atoms with Crippen LogP contribution in [0.4, 0.5) is 5.69 Å². The van der Waals surface area contributed by atoms with E-state index in [0.29, 0.717) is 22.4 Å².